The van der Waals surface area contributed by atoms with E-state index in [9.17, 15) is 4.39 Å². The van der Waals surface area contributed by atoms with Crippen LogP contribution in [0.2, 0.25) is 5.02 Å². The Morgan fingerprint density at radius 2 is 2.07 bits per heavy atom. The summed E-state index contributed by atoms with van der Waals surface area (Å²) in [6, 6.07) is 7.15. The lowest BCUT2D eigenvalue weighted by Crippen LogP contribution is -2.51. The molecule has 1 N–H and O–H groups in total. The average molecular weight is 214 g/mol. The fourth-order valence-corrected chi connectivity index (χ4v) is 2.07. The van der Waals surface area contributed by atoms with Gasteiger partial charge in [0.2, 0.25) is 0 Å². The molecule has 0 amide bonds. The zero-order valence-electron chi connectivity index (χ0n) is 8.06. The second-order valence-corrected chi connectivity index (χ2v) is 4.32. The van der Waals surface area contributed by atoms with Crippen LogP contribution in [-0.2, 0) is 5.67 Å². The molecule has 0 radical (unpaired) electrons. The summed E-state index contributed by atoms with van der Waals surface area (Å²) in [6.07, 6.45) is 0. The van der Waals surface area contributed by atoms with E-state index in [1.54, 1.807) is 19.1 Å². The molecule has 1 unspecified atom stereocenters. The van der Waals surface area contributed by atoms with Gasteiger partial charge in [-0.2, -0.15) is 0 Å². The van der Waals surface area contributed by atoms with Crippen molar-refractivity contribution in [1.29, 1.82) is 0 Å². The summed E-state index contributed by atoms with van der Waals surface area (Å²) in [7, 11) is 0. The third-order valence-electron chi connectivity index (χ3n) is 2.95. The predicted octanol–water partition coefficient (Wildman–Crippen LogP) is 2.74. The van der Waals surface area contributed by atoms with Crippen LogP contribution in [0.3, 0.4) is 0 Å². The Bertz CT molecular complexity index is 334. The lowest BCUT2D eigenvalue weighted by Gasteiger charge is -2.38. The Morgan fingerprint density at radius 1 is 1.43 bits per heavy atom. The molecule has 0 saturated carbocycles. The van der Waals surface area contributed by atoms with Crippen LogP contribution in [0.15, 0.2) is 24.3 Å². The van der Waals surface area contributed by atoms with Crippen LogP contribution in [0.25, 0.3) is 0 Å². The molecule has 1 aliphatic heterocycles. The van der Waals surface area contributed by atoms with E-state index in [1.165, 1.54) is 0 Å². The normalized spacial score (nSPS) is 21.4. The molecule has 14 heavy (non-hydrogen) atoms. The number of hydrogen-bond acceptors (Lipinski definition) is 1. The van der Waals surface area contributed by atoms with E-state index < -0.39 is 5.67 Å². The number of benzene rings is 1. The Balaban J connectivity index is 2.32. The third kappa shape index (κ3) is 1.53. The van der Waals surface area contributed by atoms with Crippen LogP contribution in [0, 0.1) is 5.92 Å². The number of hydrogen-bond donors (Lipinski definition) is 1. The number of alkyl halides is 1. The number of rotatable bonds is 2. The molecule has 76 valence electrons. The molecule has 0 aromatic heterocycles. The van der Waals surface area contributed by atoms with E-state index in [2.05, 4.69) is 5.32 Å². The summed E-state index contributed by atoms with van der Waals surface area (Å²) < 4.78 is 14.4. The van der Waals surface area contributed by atoms with Gasteiger partial charge in [-0.1, -0.05) is 29.8 Å². The Hall–Kier alpha value is -0.600. The van der Waals surface area contributed by atoms with Gasteiger partial charge in [0.25, 0.3) is 0 Å². The standard InChI is InChI=1S/C11H13ClFN/c1-11(13,8-6-14-7-8)9-4-2-3-5-10(9)12/h2-5,8,14H,6-7H2,1H3. The third-order valence-corrected chi connectivity index (χ3v) is 3.28. The fraction of sp³-hybridized carbons (Fsp3) is 0.455. The Morgan fingerprint density at radius 3 is 2.57 bits per heavy atom. The smallest absolute Gasteiger partial charge is 0.139 e. The van der Waals surface area contributed by atoms with Crippen molar-refractivity contribution in [3.63, 3.8) is 0 Å². The molecule has 2 rings (SSSR count). The van der Waals surface area contributed by atoms with E-state index in [4.69, 9.17) is 11.6 Å². The molecule has 1 aromatic rings. The van der Waals surface area contributed by atoms with Gasteiger partial charge in [-0.25, -0.2) is 4.39 Å². The molecular weight excluding hydrogens is 201 g/mol. The average Bonchev–Trinajstić information content (AvgIpc) is 2.00. The minimum Gasteiger partial charge on any atom is -0.316 e. The molecule has 0 aliphatic carbocycles. The SMILES string of the molecule is CC(F)(c1ccccc1Cl)C1CNC1. The molecule has 0 bridgehead atoms. The highest BCUT2D eigenvalue weighted by atomic mass is 35.5. The second kappa shape index (κ2) is 3.52. The molecular formula is C11H13ClFN. The minimum atomic E-state index is -1.32. The van der Waals surface area contributed by atoms with Crippen molar-refractivity contribution in [2.24, 2.45) is 5.92 Å². The fourth-order valence-electron chi connectivity index (χ4n) is 1.75. The van der Waals surface area contributed by atoms with Crippen molar-refractivity contribution < 1.29 is 4.39 Å². The molecule has 1 atom stereocenters. The first-order valence-corrected chi connectivity index (χ1v) is 5.15. The molecule has 1 heterocycles. The van der Waals surface area contributed by atoms with Crippen molar-refractivity contribution in [1.82, 2.24) is 5.32 Å². The Kier molecular flexibility index (Phi) is 2.50. The van der Waals surface area contributed by atoms with Crippen molar-refractivity contribution in [3.05, 3.63) is 34.9 Å². The summed E-state index contributed by atoms with van der Waals surface area (Å²) in [5, 5.41) is 3.59. The van der Waals surface area contributed by atoms with Crippen molar-refractivity contribution in [3.8, 4) is 0 Å². The lowest BCUT2D eigenvalue weighted by atomic mass is 9.81. The molecule has 1 nitrogen and oxygen atoms in total. The van der Waals surface area contributed by atoms with Gasteiger partial charge in [-0.05, 0) is 13.0 Å². The van der Waals surface area contributed by atoms with Crippen LogP contribution in [0.1, 0.15) is 12.5 Å². The summed E-state index contributed by atoms with van der Waals surface area (Å²) >= 11 is 5.97. The molecule has 1 saturated heterocycles. The molecule has 1 fully saturated rings. The van der Waals surface area contributed by atoms with Crippen molar-refractivity contribution in [2.45, 2.75) is 12.6 Å². The maximum atomic E-state index is 14.4. The second-order valence-electron chi connectivity index (χ2n) is 3.91. The van der Waals surface area contributed by atoms with Crippen LogP contribution < -0.4 is 5.32 Å². The zero-order chi connectivity index (χ0) is 10.2. The first-order valence-electron chi connectivity index (χ1n) is 4.77. The summed E-state index contributed by atoms with van der Waals surface area (Å²) in [6.45, 7) is 3.08. The molecule has 1 aromatic carbocycles. The van der Waals surface area contributed by atoms with E-state index in [1.807, 2.05) is 12.1 Å². The highest BCUT2D eigenvalue weighted by molar-refractivity contribution is 6.31. The number of nitrogens with one attached hydrogen (secondary N) is 1. The highest BCUT2D eigenvalue weighted by Gasteiger charge is 2.40. The summed E-state index contributed by atoms with van der Waals surface area (Å²) in [5.74, 6) is 0.0439. The minimum absolute atomic E-state index is 0.0439. The van der Waals surface area contributed by atoms with Gasteiger partial charge in [0.15, 0.2) is 0 Å². The van der Waals surface area contributed by atoms with Crippen molar-refractivity contribution >= 4 is 11.6 Å². The van der Waals surface area contributed by atoms with E-state index in [0.717, 1.165) is 13.1 Å². The molecule has 1 aliphatic rings. The molecule has 0 spiro atoms. The predicted molar refractivity (Wildman–Crippen MR) is 56.3 cm³/mol. The van der Waals surface area contributed by atoms with Crippen LogP contribution in [0.4, 0.5) is 4.39 Å². The van der Waals surface area contributed by atoms with Gasteiger partial charge in [0.05, 0.1) is 0 Å². The van der Waals surface area contributed by atoms with E-state index >= 15 is 0 Å². The maximum Gasteiger partial charge on any atom is 0.139 e. The highest BCUT2D eigenvalue weighted by Crippen LogP contribution is 2.39. The molecule has 3 heteroatoms. The zero-order valence-corrected chi connectivity index (χ0v) is 8.81. The summed E-state index contributed by atoms with van der Waals surface area (Å²) in [4.78, 5) is 0. The van der Waals surface area contributed by atoms with Crippen LogP contribution in [-0.4, -0.2) is 13.1 Å². The number of halogens is 2. The monoisotopic (exact) mass is 213 g/mol. The van der Waals surface area contributed by atoms with Gasteiger partial charge in [0.1, 0.15) is 5.67 Å². The van der Waals surface area contributed by atoms with E-state index in [0.29, 0.717) is 10.6 Å². The van der Waals surface area contributed by atoms with Gasteiger partial charge >= 0.3 is 0 Å². The van der Waals surface area contributed by atoms with Gasteiger partial charge < -0.3 is 5.32 Å². The van der Waals surface area contributed by atoms with Gasteiger partial charge in [0, 0.05) is 29.6 Å². The van der Waals surface area contributed by atoms with Crippen LogP contribution in [0.5, 0.6) is 0 Å². The lowest BCUT2D eigenvalue weighted by molar-refractivity contribution is 0.0632. The largest absolute Gasteiger partial charge is 0.316 e. The van der Waals surface area contributed by atoms with E-state index in [-0.39, 0.29) is 5.92 Å². The van der Waals surface area contributed by atoms with Crippen molar-refractivity contribution in [2.75, 3.05) is 13.1 Å². The van der Waals surface area contributed by atoms with Gasteiger partial charge in [-0.3, -0.25) is 0 Å². The van der Waals surface area contributed by atoms with Crippen LogP contribution >= 0.6 is 11.6 Å². The topological polar surface area (TPSA) is 12.0 Å². The Labute approximate surface area is 88.3 Å². The maximum absolute atomic E-state index is 14.4. The first kappa shape index (κ1) is 9.94. The first-order chi connectivity index (χ1) is 6.62. The van der Waals surface area contributed by atoms with Gasteiger partial charge in [-0.15, -0.1) is 0 Å². The summed E-state index contributed by atoms with van der Waals surface area (Å²) in [5.41, 5.74) is -0.711. The quantitative estimate of drug-likeness (QED) is 0.797.